The number of hydrogen-bond donors (Lipinski definition) is 3. The maximum atomic E-state index is 12.5. The number of nitrogens with zero attached hydrogens (tertiary/aromatic N) is 1. The van der Waals surface area contributed by atoms with Crippen molar-refractivity contribution in [1.82, 2.24) is 15.5 Å². The van der Waals surface area contributed by atoms with Gasteiger partial charge in [-0.1, -0.05) is 13.8 Å². The van der Waals surface area contributed by atoms with Gasteiger partial charge in [-0.05, 0) is 37.7 Å². The minimum absolute atomic E-state index is 0. The highest BCUT2D eigenvalue weighted by atomic mass is 35.5. The second kappa shape index (κ2) is 7.09. The van der Waals surface area contributed by atoms with E-state index in [1.807, 2.05) is 20.0 Å². The van der Waals surface area contributed by atoms with Gasteiger partial charge in [-0.25, -0.2) is 0 Å². The molecule has 0 saturated carbocycles. The molecule has 2 rings (SSSR count). The number of aromatic nitrogens is 2. The number of carbonyl (C=O) groups excluding carboxylic acids is 1. The lowest BCUT2D eigenvalue weighted by atomic mass is 9.80. The zero-order valence-electron chi connectivity index (χ0n) is 12.2. The van der Waals surface area contributed by atoms with Crippen molar-refractivity contribution >= 4 is 18.3 Å². The predicted molar refractivity (Wildman–Crippen MR) is 81.7 cm³/mol. The summed E-state index contributed by atoms with van der Waals surface area (Å²) in [6.07, 6.45) is 6.51. The van der Waals surface area contributed by atoms with E-state index in [1.165, 1.54) is 5.56 Å². The number of aromatic amines is 1. The summed E-state index contributed by atoms with van der Waals surface area (Å²) >= 11 is 0. The van der Waals surface area contributed by atoms with E-state index < -0.39 is 5.41 Å². The Balaban J connectivity index is 0.00000200. The van der Waals surface area contributed by atoms with Gasteiger partial charge in [-0.2, -0.15) is 5.10 Å². The first-order valence-electron chi connectivity index (χ1n) is 7.20. The topological polar surface area (TPSA) is 83.8 Å². The van der Waals surface area contributed by atoms with Crippen molar-refractivity contribution in [3.63, 3.8) is 0 Å². The van der Waals surface area contributed by atoms with Crippen molar-refractivity contribution in [3.8, 4) is 0 Å². The molecule has 0 saturated heterocycles. The molecule has 0 radical (unpaired) electrons. The van der Waals surface area contributed by atoms with Crippen molar-refractivity contribution in [3.05, 3.63) is 17.5 Å². The number of amides is 1. The maximum absolute atomic E-state index is 12.5. The number of rotatable bonds is 5. The Kier molecular flexibility index (Phi) is 6.02. The number of fused-ring (bicyclic) bond motifs is 1. The van der Waals surface area contributed by atoms with Gasteiger partial charge in [-0.15, -0.1) is 12.4 Å². The Morgan fingerprint density at radius 1 is 1.55 bits per heavy atom. The molecule has 0 bridgehead atoms. The Morgan fingerprint density at radius 2 is 2.25 bits per heavy atom. The standard InChI is InChI=1S/C14H24N4O.ClH/c1-3-14(4-2,9-15)13(19)17-11-7-5-6-10-8-16-18-12(10)11;/h8,11H,3-7,9,15H2,1-2H3,(H,16,18)(H,17,19);1H. The second-order valence-corrected chi connectivity index (χ2v) is 5.42. The van der Waals surface area contributed by atoms with Crippen LogP contribution in [0.5, 0.6) is 0 Å². The summed E-state index contributed by atoms with van der Waals surface area (Å²) in [4.78, 5) is 12.5. The van der Waals surface area contributed by atoms with Gasteiger partial charge < -0.3 is 11.1 Å². The van der Waals surface area contributed by atoms with Crippen LogP contribution in [-0.4, -0.2) is 22.6 Å². The highest BCUT2D eigenvalue weighted by molar-refractivity contribution is 5.85. The molecule has 0 spiro atoms. The number of aryl methyl sites for hydroxylation is 1. The van der Waals surface area contributed by atoms with Crippen molar-refractivity contribution in [1.29, 1.82) is 0 Å². The SMILES string of the molecule is CCC(CC)(CN)C(=O)NC1CCCc2cn[nH]c21.Cl. The first-order chi connectivity index (χ1) is 9.16. The molecule has 1 unspecified atom stereocenters. The molecular formula is C14H25ClN4O. The monoisotopic (exact) mass is 300 g/mol. The molecule has 1 amide bonds. The van der Waals surface area contributed by atoms with E-state index in [1.54, 1.807) is 0 Å². The molecule has 1 heterocycles. The van der Waals surface area contributed by atoms with Crippen LogP contribution in [0.1, 0.15) is 56.8 Å². The van der Waals surface area contributed by atoms with Crippen molar-refractivity contribution < 1.29 is 4.79 Å². The quantitative estimate of drug-likeness (QED) is 0.778. The third-order valence-corrected chi connectivity index (χ3v) is 4.57. The average molecular weight is 301 g/mol. The molecule has 4 N–H and O–H groups in total. The lowest BCUT2D eigenvalue weighted by Gasteiger charge is -2.32. The molecule has 20 heavy (non-hydrogen) atoms. The molecule has 0 fully saturated rings. The first-order valence-corrected chi connectivity index (χ1v) is 7.20. The summed E-state index contributed by atoms with van der Waals surface area (Å²) in [5.41, 5.74) is 7.69. The van der Waals surface area contributed by atoms with E-state index >= 15 is 0 Å². The summed E-state index contributed by atoms with van der Waals surface area (Å²) in [5.74, 6) is 0.0763. The van der Waals surface area contributed by atoms with Crippen molar-refractivity contribution in [2.45, 2.75) is 52.0 Å². The Labute approximate surface area is 126 Å². The van der Waals surface area contributed by atoms with Crippen LogP contribution in [0.3, 0.4) is 0 Å². The number of hydrogen-bond acceptors (Lipinski definition) is 3. The van der Waals surface area contributed by atoms with Crippen LogP contribution in [0.25, 0.3) is 0 Å². The second-order valence-electron chi connectivity index (χ2n) is 5.42. The molecule has 114 valence electrons. The van der Waals surface area contributed by atoms with Gasteiger partial charge in [0.25, 0.3) is 0 Å². The Hall–Kier alpha value is -1.07. The number of carbonyl (C=O) groups is 1. The van der Waals surface area contributed by atoms with E-state index in [2.05, 4.69) is 15.5 Å². The molecule has 1 aliphatic rings. The summed E-state index contributed by atoms with van der Waals surface area (Å²) in [6.45, 7) is 4.45. The third kappa shape index (κ3) is 2.99. The van der Waals surface area contributed by atoms with Crippen LogP contribution in [0.15, 0.2) is 6.20 Å². The largest absolute Gasteiger partial charge is 0.347 e. The van der Waals surface area contributed by atoms with E-state index in [0.717, 1.165) is 37.8 Å². The molecule has 1 aromatic heterocycles. The Bertz CT molecular complexity index is 434. The van der Waals surface area contributed by atoms with Crippen LogP contribution in [0.4, 0.5) is 0 Å². The number of H-pyrrole nitrogens is 1. The number of nitrogens with two attached hydrogens (primary N) is 1. The fourth-order valence-electron chi connectivity index (χ4n) is 2.87. The minimum Gasteiger partial charge on any atom is -0.347 e. The molecule has 1 aromatic rings. The van der Waals surface area contributed by atoms with Gasteiger partial charge in [0.15, 0.2) is 0 Å². The van der Waals surface area contributed by atoms with E-state index in [9.17, 15) is 4.79 Å². The van der Waals surface area contributed by atoms with Gasteiger partial charge in [0.1, 0.15) is 0 Å². The normalized spacial score (nSPS) is 18.1. The molecule has 6 heteroatoms. The van der Waals surface area contributed by atoms with Gasteiger partial charge in [-0.3, -0.25) is 9.89 Å². The van der Waals surface area contributed by atoms with Crippen molar-refractivity contribution in [2.75, 3.05) is 6.54 Å². The summed E-state index contributed by atoms with van der Waals surface area (Å²) in [7, 11) is 0. The maximum Gasteiger partial charge on any atom is 0.228 e. The molecular weight excluding hydrogens is 276 g/mol. The molecule has 5 nitrogen and oxygen atoms in total. The van der Waals surface area contributed by atoms with Gasteiger partial charge in [0, 0.05) is 6.54 Å². The zero-order chi connectivity index (χ0) is 13.9. The lowest BCUT2D eigenvalue weighted by Crippen LogP contribution is -2.46. The fraction of sp³-hybridized carbons (Fsp3) is 0.714. The molecule has 1 aliphatic carbocycles. The predicted octanol–water partition coefficient (Wildman–Crippen LogP) is 2.09. The fourth-order valence-corrected chi connectivity index (χ4v) is 2.87. The van der Waals surface area contributed by atoms with Crippen LogP contribution in [0, 0.1) is 5.41 Å². The zero-order valence-corrected chi connectivity index (χ0v) is 13.1. The highest BCUT2D eigenvalue weighted by Crippen LogP contribution is 2.31. The summed E-state index contributed by atoms with van der Waals surface area (Å²) in [6, 6.07) is 0.0581. The smallest absolute Gasteiger partial charge is 0.228 e. The number of nitrogens with one attached hydrogen (secondary N) is 2. The highest BCUT2D eigenvalue weighted by Gasteiger charge is 2.35. The van der Waals surface area contributed by atoms with Gasteiger partial charge in [0.05, 0.1) is 23.3 Å². The third-order valence-electron chi connectivity index (χ3n) is 4.57. The number of halogens is 1. The Morgan fingerprint density at radius 3 is 2.85 bits per heavy atom. The molecule has 0 aliphatic heterocycles. The van der Waals surface area contributed by atoms with E-state index in [-0.39, 0.29) is 24.4 Å². The van der Waals surface area contributed by atoms with Crippen LogP contribution in [-0.2, 0) is 11.2 Å². The molecule has 1 atom stereocenters. The van der Waals surface area contributed by atoms with E-state index in [4.69, 9.17) is 5.73 Å². The van der Waals surface area contributed by atoms with Crippen LogP contribution >= 0.6 is 12.4 Å². The average Bonchev–Trinajstić information content (AvgIpc) is 2.91. The van der Waals surface area contributed by atoms with Crippen LogP contribution in [0.2, 0.25) is 0 Å². The van der Waals surface area contributed by atoms with E-state index in [0.29, 0.717) is 6.54 Å². The lowest BCUT2D eigenvalue weighted by molar-refractivity contribution is -0.132. The molecule has 0 aromatic carbocycles. The summed E-state index contributed by atoms with van der Waals surface area (Å²) < 4.78 is 0. The van der Waals surface area contributed by atoms with Crippen LogP contribution < -0.4 is 11.1 Å². The summed E-state index contributed by atoms with van der Waals surface area (Å²) in [5, 5.41) is 10.3. The minimum atomic E-state index is -0.433. The van der Waals surface area contributed by atoms with Gasteiger partial charge >= 0.3 is 0 Å². The van der Waals surface area contributed by atoms with Gasteiger partial charge in [0.2, 0.25) is 5.91 Å². The van der Waals surface area contributed by atoms with Crippen molar-refractivity contribution in [2.24, 2.45) is 11.1 Å². The first kappa shape index (κ1) is 17.0.